The number of anilines is 1. The predicted octanol–water partition coefficient (Wildman–Crippen LogP) is 3.80. The first-order chi connectivity index (χ1) is 9.08. The fourth-order valence-corrected chi connectivity index (χ4v) is 2.32. The van der Waals surface area contributed by atoms with Gasteiger partial charge in [0.2, 0.25) is 0 Å². The smallest absolute Gasteiger partial charge is 0.190 e. The first kappa shape index (κ1) is 14.2. The van der Waals surface area contributed by atoms with Gasteiger partial charge in [-0.3, -0.25) is 0 Å². The lowest BCUT2D eigenvalue weighted by atomic mass is 10.1. The van der Waals surface area contributed by atoms with Crippen LogP contribution in [-0.2, 0) is 6.54 Å². The van der Waals surface area contributed by atoms with E-state index in [0.717, 1.165) is 12.4 Å². The van der Waals surface area contributed by atoms with Crippen LogP contribution in [0, 0.1) is 6.92 Å². The van der Waals surface area contributed by atoms with E-state index in [2.05, 4.69) is 46.1 Å². The van der Waals surface area contributed by atoms with Crippen molar-refractivity contribution in [2.75, 3.05) is 18.2 Å². The molecule has 0 spiro atoms. The lowest BCUT2D eigenvalue weighted by Crippen LogP contribution is -2.18. The number of halogens is 1. The molecule has 0 N–H and O–H groups in total. The van der Waals surface area contributed by atoms with Crippen molar-refractivity contribution in [2.24, 2.45) is 0 Å². The first-order valence-corrected chi connectivity index (χ1v) is 7.54. The second kappa shape index (κ2) is 6.26. The zero-order valence-corrected chi connectivity index (χ0v) is 12.8. The molecule has 100 valence electrons. The van der Waals surface area contributed by atoms with Crippen LogP contribution in [0.1, 0.15) is 11.1 Å². The Kier molecular flexibility index (Phi) is 4.66. The molecule has 0 saturated heterocycles. The van der Waals surface area contributed by atoms with Gasteiger partial charge in [-0.1, -0.05) is 53.2 Å². The van der Waals surface area contributed by atoms with Gasteiger partial charge in [-0.2, -0.15) is 0 Å². The Labute approximate surface area is 123 Å². The van der Waals surface area contributed by atoms with Gasteiger partial charge in [0.05, 0.1) is 0 Å². The molecule has 0 radical (unpaired) electrons. The van der Waals surface area contributed by atoms with Crippen LogP contribution in [0.5, 0.6) is 0 Å². The molecule has 0 bridgehead atoms. The summed E-state index contributed by atoms with van der Waals surface area (Å²) in [5, 5.41) is 1.17. The average Bonchev–Trinajstić information content (AvgIpc) is 2.40. The normalized spacial score (nSPS) is 10.5. The van der Waals surface area contributed by atoms with Gasteiger partial charge in [0.15, 0.2) is 5.16 Å². The maximum atomic E-state index is 6.01. The zero-order valence-electron chi connectivity index (χ0n) is 11.2. The molecule has 2 rings (SSSR count). The molecule has 0 aliphatic carbocycles. The van der Waals surface area contributed by atoms with Gasteiger partial charge in [0.25, 0.3) is 0 Å². The first-order valence-electron chi connectivity index (χ1n) is 5.94. The highest BCUT2D eigenvalue weighted by atomic mass is 35.5. The SMILES string of the molecule is CSc1nc(Cl)cc(N(C)Cc2ccc(C)cc2)n1. The molecule has 3 nitrogen and oxygen atoms in total. The minimum absolute atomic E-state index is 0.477. The minimum atomic E-state index is 0.477. The minimum Gasteiger partial charge on any atom is -0.355 e. The summed E-state index contributed by atoms with van der Waals surface area (Å²) in [4.78, 5) is 10.7. The molecule has 0 amide bonds. The molecule has 0 unspecified atom stereocenters. The highest BCUT2D eigenvalue weighted by Crippen LogP contribution is 2.20. The second-order valence-corrected chi connectivity index (χ2v) is 5.54. The fourth-order valence-electron chi connectivity index (χ4n) is 1.72. The van der Waals surface area contributed by atoms with Gasteiger partial charge in [-0.25, -0.2) is 9.97 Å². The molecule has 1 aromatic heterocycles. The van der Waals surface area contributed by atoms with E-state index in [4.69, 9.17) is 11.6 Å². The van der Waals surface area contributed by atoms with Crippen molar-refractivity contribution in [3.63, 3.8) is 0 Å². The molecule has 0 saturated carbocycles. The fraction of sp³-hybridized carbons (Fsp3) is 0.286. The molecule has 0 aliphatic heterocycles. The number of thioether (sulfide) groups is 1. The molecule has 0 fully saturated rings. The summed E-state index contributed by atoms with van der Waals surface area (Å²) in [5.41, 5.74) is 2.51. The lowest BCUT2D eigenvalue weighted by Gasteiger charge is -2.18. The maximum absolute atomic E-state index is 6.01. The molecular formula is C14H16ClN3S. The van der Waals surface area contributed by atoms with Crippen molar-refractivity contribution in [3.8, 4) is 0 Å². The summed E-state index contributed by atoms with van der Waals surface area (Å²) in [5.74, 6) is 0.838. The van der Waals surface area contributed by atoms with Gasteiger partial charge in [0.1, 0.15) is 11.0 Å². The summed E-state index contributed by atoms with van der Waals surface area (Å²) < 4.78 is 0. The molecule has 0 atom stereocenters. The van der Waals surface area contributed by atoms with E-state index >= 15 is 0 Å². The molecule has 1 heterocycles. The summed E-state index contributed by atoms with van der Waals surface area (Å²) in [6.07, 6.45) is 1.94. The van der Waals surface area contributed by atoms with E-state index in [9.17, 15) is 0 Å². The number of rotatable bonds is 4. The molecule has 1 aromatic carbocycles. The number of benzene rings is 1. The van der Waals surface area contributed by atoms with Crippen molar-refractivity contribution >= 4 is 29.2 Å². The molecule has 5 heteroatoms. The maximum Gasteiger partial charge on any atom is 0.190 e. The van der Waals surface area contributed by atoms with Gasteiger partial charge in [-0.05, 0) is 18.7 Å². The Morgan fingerprint density at radius 3 is 2.53 bits per heavy atom. The van der Waals surface area contributed by atoms with Crippen LogP contribution in [0.15, 0.2) is 35.5 Å². The second-order valence-electron chi connectivity index (χ2n) is 4.38. The van der Waals surface area contributed by atoms with E-state index in [1.54, 1.807) is 6.07 Å². The molecular weight excluding hydrogens is 278 g/mol. The summed E-state index contributed by atoms with van der Waals surface area (Å²) in [6.45, 7) is 2.88. The molecule has 2 aromatic rings. The van der Waals surface area contributed by atoms with E-state index in [-0.39, 0.29) is 0 Å². The van der Waals surface area contributed by atoms with Gasteiger partial charge < -0.3 is 4.90 Å². The Bertz CT molecular complexity index is 557. The van der Waals surface area contributed by atoms with Crippen LogP contribution in [0.3, 0.4) is 0 Å². The van der Waals surface area contributed by atoms with Crippen molar-refractivity contribution < 1.29 is 0 Å². The Morgan fingerprint density at radius 2 is 1.89 bits per heavy atom. The Hall–Kier alpha value is -1.26. The van der Waals surface area contributed by atoms with Crippen LogP contribution >= 0.6 is 23.4 Å². The van der Waals surface area contributed by atoms with Crippen LogP contribution in [0.4, 0.5) is 5.82 Å². The quantitative estimate of drug-likeness (QED) is 0.487. The standard InChI is InChI=1S/C14H16ClN3S/c1-10-4-6-11(7-5-10)9-18(2)13-8-12(15)16-14(17-13)19-3/h4-8H,9H2,1-3H3. The van der Waals surface area contributed by atoms with Crippen LogP contribution in [0.25, 0.3) is 0 Å². The van der Waals surface area contributed by atoms with Crippen molar-refractivity contribution in [2.45, 2.75) is 18.6 Å². The number of aryl methyl sites for hydroxylation is 1. The number of hydrogen-bond acceptors (Lipinski definition) is 4. The van der Waals surface area contributed by atoms with Gasteiger partial charge in [-0.15, -0.1) is 0 Å². The van der Waals surface area contributed by atoms with Gasteiger partial charge >= 0.3 is 0 Å². The van der Waals surface area contributed by atoms with Crippen molar-refractivity contribution in [1.82, 2.24) is 9.97 Å². The number of nitrogens with zero attached hydrogens (tertiary/aromatic N) is 3. The van der Waals surface area contributed by atoms with Crippen LogP contribution in [0.2, 0.25) is 5.15 Å². The van der Waals surface area contributed by atoms with Crippen LogP contribution in [-0.4, -0.2) is 23.3 Å². The Morgan fingerprint density at radius 1 is 1.21 bits per heavy atom. The summed E-state index contributed by atoms with van der Waals surface area (Å²) in [7, 11) is 2.00. The molecule has 19 heavy (non-hydrogen) atoms. The number of aromatic nitrogens is 2. The summed E-state index contributed by atoms with van der Waals surface area (Å²) in [6, 6.07) is 10.3. The zero-order chi connectivity index (χ0) is 13.8. The Balaban J connectivity index is 2.17. The monoisotopic (exact) mass is 293 g/mol. The van der Waals surface area contributed by atoms with Crippen molar-refractivity contribution in [1.29, 1.82) is 0 Å². The summed E-state index contributed by atoms with van der Waals surface area (Å²) >= 11 is 7.49. The third kappa shape index (κ3) is 3.85. The van der Waals surface area contributed by atoms with E-state index < -0.39 is 0 Å². The van der Waals surface area contributed by atoms with Crippen LogP contribution < -0.4 is 4.90 Å². The third-order valence-corrected chi connectivity index (χ3v) is 3.52. The van der Waals surface area contributed by atoms with Crippen molar-refractivity contribution in [3.05, 3.63) is 46.6 Å². The van der Waals surface area contributed by atoms with E-state index in [1.165, 1.54) is 22.9 Å². The predicted molar refractivity (Wildman–Crippen MR) is 82.1 cm³/mol. The largest absolute Gasteiger partial charge is 0.355 e. The van der Waals surface area contributed by atoms with E-state index in [1.807, 2.05) is 13.3 Å². The van der Waals surface area contributed by atoms with E-state index in [0.29, 0.717) is 10.3 Å². The van der Waals surface area contributed by atoms with Gasteiger partial charge in [0, 0.05) is 19.7 Å². The average molecular weight is 294 g/mol. The molecule has 0 aliphatic rings. The highest BCUT2D eigenvalue weighted by Gasteiger charge is 2.07. The highest BCUT2D eigenvalue weighted by molar-refractivity contribution is 7.98. The number of hydrogen-bond donors (Lipinski definition) is 0. The third-order valence-electron chi connectivity index (χ3n) is 2.77. The lowest BCUT2D eigenvalue weighted by molar-refractivity contribution is 0.857. The topological polar surface area (TPSA) is 29.0 Å².